The number of aryl methyl sites for hydroxylation is 1. The second-order valence-corrected chi connectivity index (χ2v) is 6.63. The maximum absolute atomic E-state index is 12.1. The molecular formula is C16H15N5O3S. The predicted octanol–water partition coefficient (Wildman–Crippen LogP) is 1.57. The van der Waals surface area contributed by atoms with E-state index < -0.39 is 15.9 Å². The van der Waals surface area contributed by atoms with Crippen molar-refractivity contribution in [3.63, 3.8) is 0 Å². The monoisotopic (exact) mass is 357 g/mol. The van der Waals surface area contributed by atoms with Crippen molar-refractivity contribution < 1.29 is 13.2 Å². The van der Waals surface area contributed by atoms with Crippen LogP contribution in [0.25, 0.3) is 0 Å². The molecule has 9 heteroatoms. The minimum atomic E-state index is -3.81. The van der Waals surface area contributed by atoms with Gasteiger partial charge in [0.1, 0.15) is 6.07 Å². The summed E-state index contributed by atoms with van der Waals surface area (Å²) in [5.74, 6) is -0.731. The number of hydrogen-bond donors (Lipinski definition) is 3. The minimum absolute atomic E-state index is 0.0827. The average Bonchev–Trinajstić information content (AvgIpc) is 2.56. The molecule has 2 rings (SSSR count). The molecule has 0 spiro atoms. The Morgan fingerprint density at radius 3 is 2.16 bits per heavy atom. The molecule has 2 aromatic rings. The Hall–Kier alpha value is -3.22. The first-order chi connectivity index (χ1) is 11.8. The zero-order valence-electron chi connectivity index (χ0n) is 13.2. The van der Waals surface area contributed by atoms with Crippen LogP contribution < -0.4 is 15.9 Å². The first-order valence-electron chi connectivity index (χ1n) is 7.04. The van der Waals surface area contributed by atoms with Gasteiger partial charge in [-0.25, -0.2) is 13.6 Å². The van der Waals surface area contributed by atoms with Crippen molar-refractivity contribution in [2.75, 3.05) is 10.7 Å². The molecule has 2 aromatic carbocycles. The van der Waals surface area contributed by atoms with Crippen molar-refractivity contribution in [1.29, 1.82) is 5.26 Å². The van der Waals surface area contributed by atoms with Crippen LogP contribution in [0.3, 0.4) is 0 Å². The largest absolute Gasteiger partial charge is 0.320 e. The fourth-order valence-electron chi connectivity index (χ4n) is 1.79. The molecule has 0 saturated heterocycles. The lowest BCUT2D eigenvalue weighted by molar-refractivity contribution is -0.110. The second kappa shape index (κ2) is 7.57. The fourth-order valence-corrected chi connectivity index (χ4v) is 2.31. The van der Waals surface area contributed by atoms with Crippen LogP contribution in [0.2, 0.25) is 0 Å². The summed E-state index contributed by atoms with van der Waals surface area (Å²) < 4.78 is 22.4. The van der Waals surface area contributed by atoms with E-state index in [1.807, 2.05) is 19.1 Å². The van der Waals surface area contributed by atoms with Gasteiger partial charge in [0, 0.05) is 5.69 Å². The van der Waals surface area contributed by atoms with E-state index in [0.29, 0.717) is 11.4 Å². The first kappa shape index (κ1) is 18.1. The van der Waals surface area contributed by atoms with Crippen LogP contribution in [-0.4, -0.2) is 20.0 Å². The predicted molar refractivity (Wildman–Crippen MR) is 94.3 cm³/mol. The summed E-state index contributed by atoms with van der Waals surface area (Å²) in [5, 5.41) is 20.3. The highest BCUT2D eigenvalue weighted by Gasteiger charge is 2.12. The van der Waals surface area contributed by atoms with Crippen LogP contribution in [0.1, 0.15) is 5.56 Å². The number of carbonyl (C=O) groups is 1. The lowest BCUT2D eigenvalue weighted by atomic mass is 10.2. The summed E-state index contributed by atoms with van der Waals surface area (Å²) in [4.78, 5) is 12.0. The van der Waals surface area contributed by atoms with Gasteiger partial charge in [-0.3, -0.25) is 10.2 Å². The number of benzene rings is 2. The second-order valence-electron chi connectivity index (χ2n) is 5.07. The molecule has 1 amide bonds. The van der Waals surface area contributed by atoms with Crippen LogP contribution in [0, 0.1) is 18.3 Å². The Morgan fingerprint density at radius 2 is 1.64 bits per heavy atom. The van der Waals surface area contributed by atoms with Gasteiger partial charge in [0.2, 0.25) is 15.7 Å². The molecule has 8 nitrogen and oxygen atoms in total. The minimum Gasteiger partial charge on any atom is -0.320 e. The third-order valence-electron chi connectivity index (χ3n) is 3.11. The Labute approximate surface area is 145 Å². The SMILES string of the molecule is Cc1ccc(N/N=C(\C#N)C(=O)Nc2ccc(S(N)(=O)=O)cc2)cc1. The molecule has 0 fully saturated rings. The van der Waals surface area contributed by atoms with Crippen molar-refractivity contribution >= 4 is 33.0 Å². The number of nitrogens with two attached hydrogens (primary N) is 1. The molecule has 128 valence electrons. The van der Waals surface area contributed by atoms with Crippen LogP contribution in [0.5, 0.6) is 0 Å². The van der Waals surface area contributed by atoms with Crippen LogP contribution >= 0.6 is 0 Å². The Morgan fingerprint density at radius 1 is 1.08 bits per heavy atom. The highest BCUT2D eigenvalue weighted by Crippen LogP contribution is 2.13. The third-order valence-corrected chi connectivity index (χ3v) is 4.04. The highest BCUT2D eigenvalue weighted by atomic mass is 32.2. The van der Waals surface area contributed by atoms with Crippen molar-refractivity contribution in [2.24, 2.45) is 10.2 Å². The molecule has 0 unspecified atom stereocenters. The van der Waals surface area contributed by atoms with Gasteiger partial charge < -0.3 is 5.32 Å². The normalized spacial score (nSPS) is 11.5. The van der Waals surface area contributed by atoms with Crippen LogP contribution in [-0.2, 0) is 14.8 Å². The van der Waals surface area contributed by atoms with Gasteiger partial charge in [-0.05, 0) is 43.3 Å². The number of hydrogen-bond acceptors (Lipinski definition) is 6. The summed E-state index contributed by atoms with van der Waals surface area (Å²) in [7, 11) is -3.81. The van der Waals surface area contributed by atoms with E-state index in [-0.39, 0.29) is 10.6 Å². The van der Waals surface area contributed by atoms with Gasteiger partial charge in [-0.15, -0.1) is 0 Å². The lowest BCUT2D eigenvalue weighted by Gasteiger charge is -2.05. The van der Waals surface area contributed by atoms with Crippen molar-refractivity contribution in [1.82, 2.24) is 0 Å². The number of nitrogens with one attached hydrogen (secondary N) is 2. The summed E-state index contributed by atoms with van der Waals surface area (Å²) in [6, 6.07) is 14.2. The molecule has 0 bridgehead atoms. The van der Waals surface area contributed by atoms with Gasteiger partial charge >= 0.3 is 0 Å². The van der Waals surface area contributed by atoms with Gasteiger partial charge in [0.05, 0.1) is 10.6 Å². The smallest absolute Gasteiger partial charge is 0.287 e. The number of amides is 1. The van der Waals surface area contributed by atoms with E-state index in [1.54, 1.807) is 18.2 Å². The standard InChI is InChI=1S/C16H15N5O3S/c1-11-2-4-13(5-3-11)20-21-15(10-17)16(22)19-12-6-8-14(9-7-12)25(18,23)24/h2-9,20H,1H3,(H,19,22)(H2,18,23,24)/b21-15+. The lowest BCUT2D eigenvalue weighted by Crippen LogP contribution is -2.22. The van der Waals surface area contributed by atoms with E-state index in [9.17, 15) is 13.2 Å². The maximum Gasteiger partial charge on any atom is 0.287 e. The molecule has 25 heavy (non-hydrogen) atoms. The van der Waals surface area contributed by atoms with E-state index >= 15 is 0 Å². The number of nitrogens with zero attached hydrogens (tertiary/aromatic N) is 2. The molecule has 0 saturated carbocycles. The van der Waals surface area contributed by atoms with Gasteiger partial charge in [-0.1, -0.05) is 17.7 Å². The molecule has 0 heterocycles. The zero-order chi connectivity index (χ0) is 18.4. The van der Waals surface area contributed by atoms with E-state index in [2.05, 4.69) is 15.8 Å². The molecule has 4 N–H and O–H groups in total. The topological polar surface area (TPSA) is 137 Å². The Balaban J connectivity index is 2.08. The van der Waals surface area contributed by atoms with E-state index in [1.165, 1.54) is 24.3 Å². The highest BCUT2D eigenvalue weighted by molar-refractivity contribution is 7.89. The molecule has 0 aliphatic carbocycles. The van der Waals surface area contributed by atoms with Crippen molar-refractivity contribution in [3.05, 3.63) is 54.1 Å². The first-order valence-corrected chi connectivity index (χ1v) is 8.59. The van der Waals surface area contributed by atoms with Gasteiger partial charge in [0.25, 0.3) is 5.91 Å². The summed E-state index contributed by atoms with van der Waals surface area (Å²) in [5.41, 5.74) is 4.24. The van der Waals surface area contributed by atoms with E-state index in [4.69, 9.17) is 10.4 Å². The van der Waals surface area contributed by atoms with Crippen molar-refractivity contribution in [2.45, 2.75) is 11.8 Å². The molecular weight excluding hydrogens is 342 g/mol. The van der Waals surface area contributed by atoms with Crippen molar-refractivity contribution in [3.8, 4) is 6.07 Å². The third kappa shape index (κ3) is 5.13. The quantitative estimate of drug-likeness (QED) is 0.551. The molecule has 0 aliphatic heterocycles. The molecule has 0 aromatic heterocycles. The Kier molecular flexibility index (Phi) is 5.49. The van der Waals surface area contributed by atoms with Crippen LogP contribution in [0.4, 0.5) is 11.4 Å². The summed E-state index contributed by atoms with van der Waals surface area (Å²) in [6.07, 6.45) is 0. The zero-order valence-corrected chi connectivity index (χ0v) is 14.0. The molecule has 0 radical (unpaired) electrons. The summed E-state index contributed by atoms with van der Waals surface area (Å²) >= 11 is 0. The number of rotatable bonds is 5. The number of sulfonamides is 1. The fraction of sp³-hybridized carbons (Fsp3) is 0.0625. The number of nitriles is 1. The van der Waals surface area contributed by atoms with Gasteiger partial charge in [0.15, 0.2) is 0 Å². The number of carbonyl (C=O) groups excluding carboxylic acids is 1. The average molecular weight is 357 g/mol. The Bertz CT molecular complexity index is 943. The van der Waals surface area contributed by atoms with Crippen LogP contribution in [0.15, 0.2) is 58.5 Å². The molecule has 0 aliphatic rings. The number of primary sulfonamides is 1. The maximum atomic E-state index is 12.1. The number of anilines is 2. The number of hydrazone groups is 1. The van der Waals surface area contributed by atoms with Gasteiger partial charge in [-0.2, -0.15) is 10.4 Å². The summed E-state index contributed by atoms with van der Waals surface area (Å²) in [6.45, 7) is 1.93. The van der Waals surface area contributed by atoms with E-state index in [0.717, 1.165) is 5.56 Å². The molecule has 0 atom stereocenters.